The smallest absolute Gasteiger partial charge is 0.255 e. The lowest BCUT2D eigenvalue weighted by atomic mass is 9.83. The second-order valence-corrected chi connectivity index (χ2v) is 6.01. The van der Waals surface area contributed by atoms with E-state index in [2.05, 4.69) is 32.3 Å². The zero-order valence-electron chi connectivity index (χ0n) is 13.0. The normalized spacial score (nSPS) is 11.2. The molecule has 0 aliphatic heterocycles. The standard InChI is InChI=1S/C18H21NO2/c1-6-12-10-13(14-8-7-9-19-17(14)20)11-15(16(12)21-5)18(2,3)4/h6-11H,1H2,2-5H3,(H,19,20). The predicted molar refractivity (Wildman–Crippen MR) is 87.8 cm³/mol. The van der Waals surface area contributed by atoms with Gasteiger partial charge in [-0.25, -0.2) is 0 Å². The van der Waals surface area contributed by atoms with Gasteiger partial charge in [-0.1, -0.05) is 33.4 Å². The van der Waals surface area contributed by atoms with Crippen molar-refractivity contribution in [3.05, 3.63) is 58.5 Å². The van der Waals surface area contributed by atoms with Gasteiger partial charge < -0.3 is 9.72 Å². The molecule has 0 spiro atoms. The molecule has 0 atom stereocenters. The van der Waals surface area contributed by atoms with Gasteiger partial charge in [-0.3, -0.25) is 4.79 Å². The summed E-state index contributed by atoms with van der Waals surface area (Å²) in [5, 5.41) is 0. The number of aromatic amines is 1. The summed E-state index contributed by atoms with van der Waals surface area (Å²) in [5.41, 5.74) is 3.27. The largest absolute Gasteiger partial charge is 0.496 e. The zero-order valence-corrected chi connectivity index (χ0v) is 13.0. The Morgan fingerprint density at radius 1 is 1.29 bits per heavy atom. The highest BCUT2D eigenvalue weighted by atomic mass is 16.5. The van der Waals surface area contributed by atoms with Crippen molar-refractivity contribution < 1.29 is 4.74 Å². The molecule has 0 radical (unpaired) electrons. The summed E-state index contributed by atoms with van der Waals surface area (Å²) in [6.45, 7) is 10.2. The van der Waals surface area contributed by atoms with Crippen molar-refractivity contribution in [2.75, 3.05) is 7.11 Å². The first-order valence-corrected chi connectivity index (χ1v) is 6.91. The maximum Gasteiger partial charge on any atom is 0.255 e. The number of H-pyrrole nitrogens is 1. The van der Waals surface area contributed by atoms with Crippen LogP contribution in [0.5, 0.6) is 5.75 Å². The van der Waals surface area contributed by atoms with Crippen LogP contribution in [0.2, 0.25) is 0 Å². The summed E-state index contributed by atoms with van der Waals surface area (Å²) in [5.74, 6) is 0.814. The highest BCUT2D eigenvalue weighted by molar-refractivity contribution is 5.72. The van der Waals surface area contributed by atoms with Gasteiger partial charge in [-0.2, -0.15) is 0 Å². The lowest BCUT2D eigenvalue weighted by Gasteiger charge is -2.24. The summed E-state index contributed by atoms with van der Waals surface area (Å²) in [6.07, 6.45) is 3.39. The van der Waals surface area contributed by atoms with Crippen LogP contribution >= 0.6 is 0 Å². The number of benzene rings is 1. The van der Waals surface area contributed by atoms with Gasteiger partial charge in [-0.15, -0.1) is 0 Å². The molecule has 21 heavy (non-hydrogen) atoms. The molecule has 2 aromatic rings. The second kappa shape index (κ2) is 5.60. The Morgan fingerprint density at radius 3 is 2.52 bits per heavy atom. The van der Waals surface area contributed by atoms with E-state index < -0.39 is 0 Å². The third-order valence-corrected chi connectivity index (χ3v) is 3.48. The molecule has 110 valence electrons. The maximum atomic E-state index is 12.0. The fourth-order valence-corrected chi connectivity index (χ4v) is 2.39. The molecule has 0 fully saturated rings. The fraction of sp³-hybridized carbons (Fsp3) is 0.278. The average molecular weight is 283 g/mol. The minimum absolute atomic E-state index is 0.0966. The summed E-state index contributed by atoms with van der Waals surface area (Å²) < 4.78 is 5.56. The average Bonchev–Trinajstić information content (AvgIpc) is 2.45. The van der Waals surface area contributed by atoms with Crippen LogP contribution in [-0.4, -0.2) is 12.1 Å². The van der Waals surface area contributed by atoms with E-state index in [1.165, 1.54) is 0 Å². The van der Waals surface area contributed by atoms with Gasteiger partial charge in [-0.05, 0) is 35.2 Å². The molecule has 0 aliphatic rings. The summed E-state index contributed by atoms with van der Waals surface area (Å²) in [4.78, 5) is 14.7. The third kappa shape index (κ3) is 2.92. The van der Waals surface area contributed by atoms with E-state index in [1.54, 1.807) is 19.4 Å². The minimum Gasteiger partial charge on any atom is -0.496 e. The summed E-state index contributed by atoms with van der Waals surface area (Å²) >= 11 is 0. The van der Waals surface area contributed by atoms with Gasteiger partial charge in [0, 0.05) is 22.9 Å². The first-order chi connectivity index (χ1) is 9.88. The van der Waals surface area contributed by atoms with Gasteiger partial charge in [0.05, 0.1) is 7.11 Å². The van der Waals surface area contributed by atoms with Crippen LogP contribution in [-0.2, 0) is 5.41 Å². The molecular formula is C18H21NO2. The zero-order chi connectivity index (χ0) is 15.6. The summed E-state index contributed by atoms with van der Waals surface area (Å²) in [7, 11) is 1.66. The van der Waals surface area contributed by atoms with Crippen molar-refractivity contribution in [1.82, 2.24) is 4.98 Å². The van der Waals surface area contributed by atoms with E-state index in [0.29, 0.717) is 5.56 Å². The molecule has 0 amide bonds. The van der Waals surface area contributed by atoms with E-state index in [9.17, 15) is 4.79 Å². The molecule has 3 nitrogen and oxygen atoms in total. The van der Waals surface area contributed by atoms with Crippen molar-refractivity contribution in [3.8, 4) is 16.9 Å². The minimum atomic E-state index is -0.0995. The van der Waals surface area contributed by atoms with Crippen molar-refractivity contribution in [1.29, 1.82) is 0 Å². The molecule has 0 aliphatic carbocycles. The van der Waals surface area contributed by atoms with Crippen LogP contribution < -0.4 is 10.3 Å². The first-order valence-electron chi connectivity index (χ1n) is 6.91. The second-order valence-electron chi connectivity index (χ2n) is 6.01. The molecule has 2 rings (SSSR count). The molecule has 0 bridgehead atoms. The third-order valence-electron chi connectivity index (χ3n) is 3.48. The Kier molecular flexibility index (Phi) is 4.03. The Bertz CT molecular complexity index is 721. The van der Waals surface area contributed by atoms with E-state index in [1.807, 2.05) is 24.3 Å². The number of hydrogen-bond acceptors (Lipinski definition) is 2. The van der Waals surface area contributed by atoms with Crippen molar-refractivity contribution in [3.63, 3.8) is 0 Å². The highest BCUT2D eigenvalue weighted by Crippen LogP contribution is 2.37. The van der Waals surface area contributed by atoms with Gasteiger partial charge in [0.1, 0.15) is 5.75 Å². The topological polar surface area (TPSA) is 42.1 Å². The number of hydrogen-bond donors (Lipinski definition) is 1. The van der Waals surface area contributed by atoms with Crippen LogP contribution in [0.15, 0.2) is 41.8 Å². The monoisotopic (exact) mass is 283 g/mol. The van der Waals surface area contributed by atoms with Crippen LogP contribution in [0.25, 0.3) is 17.2 Å². The molecule has 1 heterocycles. The molecule has 0 saturated carbocycles. The lowest BCUT2D eigenvalue weighted by Crippen LogP contribution is -2.15. The number of rotatable bonds is 3. The van der Waals surface area contributed by atoms with Gasteiger partial charge in [0.2, 0.25) is 0 Å². The molecule has 1 N–H and O–H groups in total. The first kappa shape index (κ1) is 15.1. The Labute approximate surface area is 125 Å². The Hall–Kier alpha value is -2.29. The number of nitrogens with one attached hydrogen (secondary N) is 1. The Morgan fingerprint density at radius 2 is 2.00 bits per heavy atom. The van der Waals surface area contributed by atoms with Gasteiger partial charge >= 0.3 is 0 Å². The molecule has 1 aromatic heterocycles. The van der Waals surface area contributed by atoms with Crippen LogP contribution in [0.4, 0.5) is 0 Å². The highest BCUT2D eigenvalue weighted by Gasteiger charge is 2.22. The van der Waals surface area contributed by atoms with E-state index in [4.69, 9.17) is 4.74 Å². The number of methoxy groups -OCH3 is 1. The number of ether oxygens (including phenoxy) is 1. The molecule has 1 aromatic carbocycles. The Balaban J connectivity index is 2.79. The lowest BCUT2D eigenvalue weighted by molar-refractivity contribution is 0.397. The van der Waals surface area contributed by atoms with Crippen LogP contribution in [0.1, 0.15) is 31.9 Å². The number of aromatic nitrogens is 1. The SMILES string of the molecule is C=Cc1cc(-c2ccc[nH]c2=O)cc(C(C)(C)C)c1OC. The van der Waals surface area contributed by atoms with Crippen molar-refractivity contribution in [2.45, 2.75) is 26.2 Å². The molecule has 3 heteroatoms. The molecular weight excluding hydrogens is 262 g/mol. The van der Waals surface area contributed by atoms with Crippen molar-refractivity contribution >= 4 is 6.08 Å². The van der Waals surface area contributed by atoms with Crippen LogP contribution in [0.3, 0.4) is 0 Å². The van der Waals surface area contributed by atoms with E-state index in [-0.39, 0.29) is 11.0 Å². The van der Waals surface area contributed by atoms with Gasteiger partial charge in [0.15, 0.2) is 0 Å². The van der Waals surface area contributed by atoms with Crippen molar-refractivity contribution in [2.24, 2.45) is 0 Å². The van der Waals surface area contributed by atoms with E-state index in [0.717, 1.165) is 22.4 Å². The maximum absolute atomic E-state index is 12.0. The van der Waals surface area contributed by atoms with E-state index >= 15 is 0 Å². The predicted octanol–water partition coefficient (Wildman–Crippen LogP) is 3.99. The quantitative estimate of drug-likeness (QED) is 0.925. The number of pyridine rings is 1. The summed E-state index contributed by atoms with van der Waals surface area (Å²) in [6, 6.07) is 7.60. The molecule has 0 saturated heterocycles. The fourth-order valence-electron chi connectivity index (χ4n) is 2.39. The van der Waals surface area contributed by atoms with Crippen LogP contribution in [0, 0.1) is 0 Å². The van der Waals surface area contributed by atoms with Gasteiger partial charge in [0.25, 0.3) is 5.56 Å². The molecule has 0 unspecified atom stereocenters.